The van der Waals surface area contributed by atoms with Gasteiger partial charge in [0.15, 0.2) is 0 Å². The third-order valence-electron chi connectivity index (χ3n) is 10.1. The molecule has 4 saturated carbocycles. The van der Waals surface area contributed by atoms with Crippen molar-refractivity contribution in [3.8, 4) is 0 Å². The van der Waals surface area contributed by atoms with Gasteiger partial charge in [-0.15, -0.1) is 0 Å². The topological polar surface area (TPSA) is 29.5 Å². The number of aliphatic hydroxyl groups excluding tert-OH is 1. The fourth-order valence-corrected chi connectivity index (χ4v) is 8.95. The van der Waals surface area contributed by atoms with Gasteiger partial charge in [-0.05, 0) is 97.2 Å². The summed E-state index contributed by atoms with van der Waals surface area (Å²) in [6, 6.07) is 0. The van der Waals surface area contributed by atoms with E-state index in [0.29, 0.717) is 35.4 Å². The molecular formula is C23H41O2P. The van der Waals surface area contributed by atoms with Crippen LogP contribution in [0.2, 0.25) is 0 Å². The van der Waals surface area contributed by atoms with Gasteiger partial charge in [0.2, 0.25) is 0 Å². The summed E-state index contributed by atoms with van der Waals surface area (Å²) in [7, 11) is 2.63. The maximum atomic E-state index is 9.82. The van der Waals surface area contributed by atoms with Crippen LogP contribution >= 0.6 is 9.47 Å². The van der Waals surface area contributed by atoms with Crippen LogP contribution < -0.4 is 0 Å². The van der Waals surface area contributed by atoms with Crippen molar-refractivity contribution < 1.29 is 9.63 Å². The van der Waals surface area contributed by atoms with E-state index < -0.39 is 0 Å². The molecule has 0 amide bonds. The normalized spacial score (nSPS) is 54.9. The minimum absolute atomic E-state index is 0.350. The average molecular weight is 381 g/mol. The molecule has 4 fully saturated rings. The molecule has 4 unspecified atom stereocenters. The molecule has 150 valence electrons. The van der Waals surface area contributed by atoms with Crippen molar-refractivity contribution in [1.29, 1.82) is 0 Å². The van der Waals surface area contributed by atoms with Gasteiger partial charge in [-0.25, -0.2) is 0 Å². The highest BCUT2D eigenvalue weighted by Gasteiger charge is 2.63. The van der Waals surface area contributed by atoms with Crippen LogP contribution in [0.1, 0.15) is 79.1 Å². The summed E-state index contributed by atoms with van der Waals surface area (Å²) in [6.45, 7) is 10.3. The summed E-state index contributed by atoms with van der Waals surface area (Å²) in [4.78, 5) is 0. The molecule has 0 spiro atoms. The van der Waals surface area contributed by atoms with Crippen LogP contribution in [0.15, 0.2) is 0 Å². The third-order valence-corrected chi connectivity index (χ3v) is 10.5. The summed E-state index contributed by atoms with van der Waals surface area (Å²) in [5.74, 6) is 5.26. The van der Waals surface area contributed by atoms with E-state index in [2.05, 4.69) is 37.2 Å². The van der Waals surface area contributed by atoms with Crippen molar-refractivity contribution in [2.24, 2.45) is 52.3 Å². The Morgan fingerprint density at radius 3 is 2.42 bits per heavy atom. The van der Waals surface area contributed by atoms with Crippen LogP contribution in [0.5, 0.6) is 0 Å². The molecule has 0 saturated heterocycles. The maximum Gasteiger partial charge on any atom is 0.0647 e. The zero-order valence-corrected chi connectivity index (χ0v) is 18.6. The second-order valence-corrected chi connectivity index (χ2v) is 11.4. The van der Waals surface area contributed by atoms with E-state index >= 15 is 0 Å². The Kier molecular flexibility index (Phi) is 5.29. The van der Waals surface area contributed by atoms with Crippen LogP contribution in [-0.2, 0) is 4.52 Å². The van der Waals surface area contributed by atoms with Crippen LogP contribution in [0.25, 0.3) is 0 Å². The monoisotopic (exact) mass is 380 g/mol. The van der Waals surface area contributed by atoms with E-state index in [1.165, 1.54) is 51.4 Å². The van der Waals surface area contributed by atoms with Gasteiger partial charge in [-0.2, -0.15) is 0 Å². The molecule has 1 N–H and O–H groups in total. The van der Waals surface area contributed by atoms with Crippen molar-refractivity contribution >= 4 is 9.47 Å². The molecule has 0 aromatic heterocycles. The highest BCUT2D eigenvalue weighted by atomic mass is 31.0. The highest BCUT2D eigenvalue weighted by Crippen LogP contribution is 2.68. The minimum Gasteiger partial charge on any atom is -0.396 e. The van der Waals surface area contributed by atoms with Gasteiger partial charge in [-0.3, -0.25) is 0 Å². The van der Waals surface area contributed by atoms with Gasteiger partial charge in [0.05, 0.1) is 6.10 Å². The van der Waals surface area contributed by atoms with E-state index in [0.717, 1.165) is 29.6 Å². The first-order valence-electron chi connectivity index (χ1n) is 11.3. The maximum absolute atomic E-state index is 9.82. The predicted octanol–water partition coefficient (Wildman–Crippen LogP) is 5.70. The molecule has 0 aromatic carbocycles. The molecule has 0 aromatic rings. The van der Waals surface area contributed by atoms with Crippen molar-refractivity contribution in [1.82, 2.24) is 0 Å². The van der Waals surface area contributed by atoms with E-state index in [1.54, 1.807) is 0 Å². The average Bonchev–Trinajstić information content (AvgIpc) is 2.98. The summed E-state index contributed by atoms with van der Waals surface area (Å²) in [5.41, 5.74) is 0.953. The van der Waals surface area contributed by atoms with Gasteiger partial charge >= 0.3 is 0 Å². The number of fused-ring (bicyclic) bond motifs is 5. The second-order valence-electron chi connectivity index (χ2n) is 11.2. The van der Waals surface area contributed by atoms with E-state index in [9.17, 15) is 5.11 Å². The van der Waals surface area contributed by atoms with Crippen LogP contribution in [0.3, 0.4) is 0 Å². The van der Waals surface area contributed by atoms with E-state index in [-0.39, 0.29) is 0 Å². The van der Waals surface area contributed by atoms with Crippen LogP contribution in [0, 0.1) is 52.3 Å². The van der Waals surface area contributed by atoms with Crippen molar-refractivity contribution in [2.75, 3.05) is 6.61 Å². The van der Waals surface area contributed by atoms with E-state index in [4.69, 9.17) is 4.52 Å². The predicted molar refractivity (Wildman–Crippen MR) is 111 cm³/mol. The third kappa shape index (κ3) is 2.76. The highest BCUT2D eigenvalue weighted by molar-refractivity contribution is 7.09. The molecule has 0 heterocycles. The molecule has 4 rings (SSSR count). The lowest BCUT2D eigenvalue weighted by Gasteiger charge is -2.63. The standard InChI is InChI=1S/C23H41O2P/c1-14-7-9-22(3)16(11-14)12-20(25-26)21-18-6-5-17(15(2)13-24)23(18,4)10-8-19(21)22/h14-21,24H,5-13,26H2,1-4H3/t14-,15+,16-,17+,18?,19?,20?,21-,22-,23+/m0/s1. The first-order valence-corrected chi connectivity index (χ1v) is 11.8. The van der Waals surface area contributed by atoms with E-state index in [1.807, 2.05) is 0 Å². The Bertz CT molecular complexity index is 524. The molecule has 0 bridgehead atoms. The largest absolute Gasteiger partial charge is 0.396 e. The SMILES string of the molecule is C[C@H]1CC[C@]2(C)C3CC[C@@]4(C)C(CC[C@@H]4[C@H](C)CO)[C@@H]3C(OP)C[C@@H]2C1. The number of hydrogen-bond acceptors (Lipinski definition) is 2. The zero-order valence-electron chi connectivity index (χ0n) is 17.4. The van der Waals surface area contributed by atoms with Crippen molar-refractivity contribution in [2.45, 2.75) is 85.2 Å². The lowest BCUT2D eigenvalue weighted by atomic mass is 9.43. The molecule has 4 aliphatic rings. The Morgan fingerprint density at radius 1 is 1.04 bits per heavy atom. The summed E-state index contributed by atoms with van der Waals surface area (Å²) in [6.07, 6.45) is 11.4. The van der Waals surface area contributed by atoms with Gasteiger partial charge < -0.3 is 9.63 Å². The Morgan fingerprint density at radius 2 is 1.73 bits per heavy atom. The number of hydrogen-bond donors (Lipinski definition) is 1. The lowest BCUT2D eigenvalue weighted by Crippen LogP contribution is -2.58. The molecule has 0 aliphatic heterocycles. The summed E-state index contributed by atoms with van der Waals surface area (Å²) < 4.78 is 6.13. The molecule has 2 nitrogen and oxygen atoms in total. The molecule has 0 radical (unpaired) electrons. The van der Waals surface area contributed by atoms with Gasteiger partial charge in [-0.1, -0.05) is 34.1 Å². The number of aliphatic hydroxyl groups is 1. The Labute approximate surface area is 163 Å². The number of rotatable bonds is 3. The smallest absolute Gasteiger partial charge is 0.0647 e. The summed E-state index contributed by atoms with van der Waals surface area (Å²) in [5, 5.41) is 9.82. The molecule has 26 heavy (non-hydrogen) atoms. The lowest BCUT2D eigenvalue weighted by molar-refractivity contribution is -0.160. The zero-order chi connectivity index (χ0) is 18.7. The van der Waals surface area contributed by atoms with Gasteiger partial charge in [0, 0.05) is 16.1 Å². The Balaban J connectivity index is 1.66. The molecule has 3 heteroatoms. The first-order chi connectivity index (χ1) is 12.3. The van der Waals surface area contributed by atoms with Crippen molar-refractivity contribution in [3.05, 3.63) is 0 Å². The molecule has 4 aliphatic carbocycles. The quantitative estimate of drug-likeness (QED) is 0.637. The fraction of sp³-hybridized carbons (Fsp3) is 1.00. The second kappa shape index (κ2) is 7.00. The molecule has 11 atom stereocenters. The van der Waals surface area contributed by atoms with Crippen LogP contribution in [-0.4, -0.2) is 17.8 Å². The fourth-order valence-electron chi connectivity index (χ4n) is 8.66. The van der Waals surface area contributed by atoms with Crippen LogP contribution in [0.4, 0.5) is 0 Å². The molecular weight excluding hydrogens is 339 g/mol. The minimum atomic E-state index is 0.350. The van der Waals surface area contributed by atoms with Gasteiger partial charge in [0.1, 0.15) is 0 Å². The van der Waals surface area contributed by atoms with Gasteiger partial charge in [0.25, 0.3) is 0 Å². The first kappa shape index (κ1) is 19.7. The van der Waals surface area contributed by atoms with Crippen molar-refractivity contribution in [3.63, 3.8) is 0 Å². The summed E-state index contributed by atoms with van der Waals surface area (Å²) >= 11 is 0. The Hall–Kier alpha value is 0.350.